The molecule has 0 unspecified atom stereocenters. The quantitative estimate of drug-likeness (QED) is 0.794. The number of ether oxygens (including phenoxy) is 1. The van der Waals surface area contributed by atoms with E-state index in [0.29, 0.717) is 17.5 Å². The van der Waals surface area contributed by atoms with Crippen LogP contribution in [0.15, 0.2) is 30.5 Å². The SMILES string of the molecule is CC#Cc1cccc(Cl)c1COc1ccn(C)n1. The number of hydrogen-bond acceptors (Lipinski definition) is 2. The smallest absolute Gasteiger partial charge is 0.233 e. The van der Waals surface area contributed by atoms with Crippen LogP contribution in [0, 0.1) is 11.8 Å². The van der Waals surface area contributed by atoms with Crippen molar-refractivity contribution in [1.82, 2.24) is 9.78 Å². The van der Waals surface area contributed by atoms with Crippen LogP contribution in [0.4, 0.5) is 0 Å². The van der Waals surface area contributed by atoms with Crippen molar-refractivity contribution >= 4 is 11.6 Å². The number of rotatable bonds is 3. The van der Waals surface area contributed by atoms with E-state index in [-0.39, 0.29) is 0 Å². The van der Waals surface area contributed by atoms with Crippen LogP contribution in [0.3, 0.4) is 0 Å². The molecule has 2 aromatic rings. The van der Waals surface area contributed by atoms with E-state index in [1.165, 1.54) is 0 Å². The van der Waals surface area contributed by atoms with E-state index in [4.69, 9.17) is 16.3 Å². The molecular weight excluding hydrogens is 248 g/mol. The van der Waals surface area contributed by atoms with Crippen molar-refractivity contribution in [3.05, 3.63) is 46.6 Å². The molecule has 0 amide bonds. The highest BCUT2D eigenvalue weighted by molar-refractivity contribution is 6.31. The Kier molecular flexibility index (Phi) is 3.91. The third kappa shape index (κ3) is 2.85. The Hall–Kier alpha value is -1.92. The first-order chi connectivity index (χ1) is 8.70. The van der Waals surface area contributed by atoms with Crippen molar-refractivity contribution in [2.75, 3.05) is 0 Å². The molecule has 0 spiro atoms. The Morgan fingerprint density at radius 1 is 1.39 bits per heavy atom. The van der Waals surface area contributed by atoms with Crippen LogP contribution in [0.25, 0.3) is 0 Å². The van der Waals surface area contributed by atoms with Crippen molar-refractivity contribution in [2.45, 2.75) is 13.5 Å². The van der Waals surface area contributed by atoms with Gasteiger partial charge in [-0.05, 0) is 19.1 Å². The summed E-state index contributed by atoms with van der Waals surface area (Å²) < 4.78 is 7.29. The average molecular weight is 261 g/mol. The van der Waals surface area contributed by atoms with Gasteiger partial charge in [-0.3, -0.25) is 4.68 Å². The molecule has 2 rings (SSSR count). The fourth-order valence-electron chi connectivity index (χ4n) is 1.57. The summed E-state index contributed by atoms with van der Waals surface area (Å²) in [6.45, 7) is 2.16. The Labute approximate surface area is 111 Å². The first kappa shape index (κ1) is 12.5. The fraction of sp³-hybridized carbons (Fsp3) is 0.214. The minimum absolute atomic E-state index is 0.362. The highest BCUT2D eigenvalue weighted by Crippen LogP contribution is 2.21. The maximum atomic E-state index is 6.16. The topological polar surface area (TPSA) is 27.1 Å². The molecule has 4 heteroatoms. The summed E-state index contributed by atoms with van der Waals surface area (Å²) in [4.78, 5) is 0. The third-order valence-electron chi connectivity index (χ3n) is 2.43. The summed E-state index contributed by atoms with van der Waals surface area (Å²) in [7, 11) is 1.84. The van der Waals surface area contributed by atoms with Crippen LogP contribution >= 0.6 is 11.6 Å². The van der Waals surface area contributed by atoms with Crippen LogP contribution in [0.5, 0.6) is 5.88 Å². The zero-order valence-corrected chi connectivity index (χ0v) is 11.0. The van der Waals surface area contributed by atoms with Crippen LogP contribution < -0.4 is 4.74 Å². The molecule has 0 aliphatic heterocycles. The molecular formula is C14H13ClN2O. The van der Waals surface area contributed by atoms with E-state index in [2.05, 4.69) is 16.9 Å². The van der Waals surface area contributed by atoms with E-state index in [1.807, 2.05) is 37.5 Å². The van der Waals surface area contributed by atoms with E-state index in [0.717, 1.165) is 11.1 Å². The molecule has 0 atom stereocenters. The Morgan fingerprint density at radius 3 is 2.89 bits per heavy atom. The standard InChI is InChI=1S/C14H13ClN2O/c1-3-5-11-6-4-7-13(15)12(11)10-18-14-8-9-17(2)16-14/h4,6-9H,10H2,1-2H3. The van der Waals surface area contributed by atoms with Gasteiger partial charge in [0.05, 0.1) is 0 Å². The van der Waals surface area contributed by atoms with E-state index in [9.17, 15) is 0 Å². The summed E-state index contributed by atoms with van der Waals surface area (Å²) in [6.07, 6.45) is 1.83. The predicted molar refractivity (Wildman–Crippen MR) is 71.5 cm³/mol. The molecule has 0 aliphatic carbocycles. The van der Waals surface area contributed by atoms with Gasteiger partial charge in [0.15, 0.2) is 0 Å². The minimum Gasteiger partial charge on any atom is -0.472 e. The average Bonchev–Trinajstić information content (AvgIpc) is 2.75. The van der Waals surface area contributed by atoms with Crippen molar-refractivity contribution < 1.29 is 4.74 Å². The lowest BCUT2D eigenvalue weighted by Crippen LogP contribution is -2.00. The van der Waals surface area contributed by atoms with Gasteiger partial charge in [-0.2, -0.15) is 0 Å². The molecule has 0 aliphatic rings. The third-order valence-corrected chi connectivity index (χ3v) is 2.79. The molecule has 0 saturated heterocycles. The van der Waals surface area contributed by atoms with Gasteiger partial charge >= 0.3 is 0 Å². The highest BCUT2D eigenvalue weighted by Gasteiger charge is 2.07. The van der Waals surface area contributed by atoms with E-state index >= 15 is 0 Å². The van der Waals surface area contributed by atoms with Crippen LogP contribution in [0.2, 0.25) is 5.02 Å². The summed E-state index contributed by atoms with van der Waals surface area (Å²) in [5.74, 6) is 6.47. The van der Waals surface area contributed by atoms with Crippen molar-refractivity contribution in [1.29, 1.82) is 0 Å². The lowest BCUT2D eigenvalue weighted by atomic mass is 10.1. The second-order valence-corrected chi connectivity index (χ2v) is 4.16. The summed E-state index contributed by atoms with van der Waals surface area (Å²) >= 11 is 6.16. The Bertz CT molecular complexity index is 608. The normalized spacial score (nSPS) is 9.72. The van der Waals surface area contributed by atoms with Crippen molar-refractivity contribution in [3.8, 4) is 17.7 Å². The molecule has 0 fully saturated rings. The molecule has 0 bridgehead atoms. The first-order valence-electron chi connectivity index (χ1n) is 5.53. The largest absolute Gasteiger partial charge is 0.472 e. The van der Waals surface area contributed by atoms with E-state index in [1.54, 1.807) is 11.6 Å². The molecule has 18 heavy (non-hydrogen) atoms. The van der Waals surface area contributed by atoms with Gasteiger partial charge in [0.25, 0.3) is 0 Å². The maximum Gasteiger partial charge on any atom is 0.233 e. The number of benzene rings is 1. The summed E-state index contributed by atoms with van der Waals surface area (Å²) in [6, 6.07) is 7.45. The van der Waals surface area contributed by atoms with Crippen molar-refractivity contribution in [3.63, 3.8) is 0 Å². The van der Waals surface area contributed by atoms with Gasteiger partial charge in [0.1, 0.15) is 6.61 Å². The maximum absolute atomic E-state index is 6.16. The summed E-state index contributed by atoms with van der Waals surface area (Å²) in [5, 5.41) is 4.80. The van der Waals surface area contributed by atoms with Gasteiger partial charge in [-0.15, -0.1) is 11.0 Å². The molecule has 1 aromatic carbocycles. The lowest BCUT2D eigenvalue weighted by Gasteiger charge is -2.07. The van der Waals surface area contributed by atoms with Crippen LogP contribution in [0.1, 0.15) is 18.1 Å². The van der Waals surface area contributed by atoms with Gasteiger partial charge in [0.2, 0.25) is 5.88 Å². The molecule has 1 aromatic heterocycles. The Balaban J connectivity index is 2.19. The molecule has 0 saturated carbocycles. The highest BCUT2D eigenvalue weighted by atomic mass is 35.5. The minimum atomic E-state index is 0.362. The fourth-order valence-corrected chi connectivity index (χ4v) is 1.80. The lowest BCUT2D eigenvalue weighted by molar-refractivity contribution is 0.290. The predicted octanol–water partition coefficient (Wildman–Crippen LogP) is 3.02. The number of aromatic nitrogens is 2. The summed E-state index contributed by atoms with van der Waals surface area (Å²) in [5.41, 5.74) is 1.78. The number of hydrogen-bond donors (Lipinski definition) is 0. The zero-order chi connectivity index (χ0) is 13.0. The number of aryl methyl sites for hydroxylation is 1. The van der Waals surface area contributed by atoms with E-state index < -0.39 is 0 Å². The van der Waals surface area contributed by atoms with Crippen molar-refractivity contribution in [2.24, 2.45) is 7.05 Å². The molecule has 3 nitrogen and oxygen atoms in total. The van der Waals surface area contributed by atoms with Gasteiger partial charge in [-0.1, -0.05) is 23.6 Å². The van der Waals surface area contributed by atoms with Crippen LogP contribution in [-0.2, 0) is 13.7 Å². The monoisotopic (exact) mass is 260 g/mol. The van der Waals surface area contributed by atoms with Crippen LogP contribution in [-0.4, -0.2) is 9.78 Å². The Morgan fingerprint density at radius 2 is 2.22 bits per heavy atom. The van der Waals surface area contributed by atoms with Gasteiger partial charge in [0, 0.05) is 35.5 Å². The molecule has 1 heterocycles. The van der Waals surface area contributed by atoms with Gasteiger partial charge in [-0.25, -0.2) is 0 Å². The molecule has 0 N–H and O–H groups in total. The second-order valence-electron chi connectivity index (χ2n) is 3.76. The molecule has 92 valence electrons. The second kappa shape index (κ2) is 5.61. The van der Waals surface area contributed by atoms with Gasteiger partial charge < -0.3 is 4.74 Å². The zero-order valence-electron chi connectivity index (χ0n) is 10.3. The molecule has 0 radical (unpaired) electrons. The number of nitrogens with zero attached hydrogens (tertiary/aromatic N) is 2. The number of halogens is 1. The first-order valence-corrected chi connectivity index (χ1v) is 5.91.